The minimum Gasteiger partial charge on any atom is -0.468 e. The Morgan fingerprint density at radius 3 is 2.78 bits per heavy atom. The first-order chi connectivity index (χ1) is 13.1. The van der Waals surface area contributed by atoms with Crippen LogP contribution in [0, 0.1) is 17.3 Å². The number of nitrogens with zero attached hydrogens (tertiary/aromatic N) is 1. The Labute approximate surface area is 159 Å². The van der Waals surface area contributed by atoms with Gasteiger partial charge >= 0.3 is 5.97 Å². The molecule has 0 spiro atoms. The molecule has 1 amide bonds. The van der Waals surface area contributed by atoms with E-state index < -0.39 is 11.4 Å². The molecule has 2 heterocycles. The third kappa shape index (κ3) is 2.56. The Bertz CT molecular complexity index is 774. The van der Waals surface area contributed by atoms with Gasteiger partial charge in [0.1, 0.15) is 6.23 Å². The van der Waals surface area contributed by atoms with E-state index in [9.17, 15) is 9.59 Å². The maximum atomic E-state index is 13.8. The fraction of sp³-hybridized carbons (Fsp3) is 0.455. The molecule has 3 aliphatic rings. The zero-order valence-corrected chi connectivity index (χ0v) is 15.5. The average Bonchev–Trinajstić information content (AvgIpc) is 3.16. The summed E-state index contributed by atoms with van der Waals surface area (Å²) in [6.45, 7) is 4.27. The Balaban J connectivity index is 1.83. The molecular formula is C22H25NO4. The Kier molecular flexibility index (Phi) is 4.64. The Morgan fingerprint density at radius 1 is 1.33 bits per heavy atom. The van der Waals surface area contributed by atoms with Crippen LogP contribution in [0.15, 0.2) is 55.1 Å². The van der Waals surface area contributed by atoms with E-state index in [1.807, 2.05) is 30.3 Å². The van der Waals surface area contributed by atoms with E-state index in [1.54, 1.807) is 11.0 Å². The summed E-state index contributed by atoms with van der Waals surface area (Å²) >= 11 is 0. The van der Waals surface area contributed by atoms with Crippen molar-refractivity contribution in [1.29, 1.82) is 0 Å². The van der Waals surface area contributed by atoms with Crippen molar-refractivity contribution < 1.29 is 19.1 Å². The van der Waals surface area contributed by atoms with Crippen molar-refractivity contribution in [1.82, 2.24) is 4.90 Å². The molecule has 1 aliphatic carbocycles. The summed E-state index contributed by atoms with van der Waals surface area (Å²) in [5.41, 5.74) is -0.209. The van der Waals surface area contributed by atoms with Crippen molar-refractivity contribution in [3.05, 3.63) is 60.7 Å². The van der Waals surface area contributed by atoms with Gasteiger partial charge in [0.2, 0.25) is 5.91 Å². The minimum atomic E-state index is -1.23. The number of rotatable bonds is 4. The average molecular weight is 367 g/mol. The summed E-state index contributed by atoms with van der Waals surface area (Å²) < 4.78 is 11.3. The maximum Gasteiger partial charge on any atom is 0.322 e. The second kappa shape index (κ2) is 6.97. The third-order valence-electron chi connectivity index (χ3n) is 6.33. The van der Waals surface area contributed by atoms with Gasteiger partial charge < -0.3 is 14.4 Å². The van der Waals surface area contributed by atoms with E-state index in [0.717, 1.165) is 12.0 Å². The van der Waals surface area contributed by atoms with Gasteiger partial charge in [-0.25, -0.2) is 0 Å². The molecule has 0 radical (unpaired) electrons. The summed E-state index contributed by atoms with van der Waals surface area (Å²) in [4.78, 5) is 28.6. The topological polar surface area (TPSA) is 55.8 Å². The lowest BCUT2D eigenvalue weighted by Gasteiger charge is -2.52. The lowest BCUT2D eigenvalue weighted by Crippen LogP contribution is -2.64. The van der Waals surface area contributed by atoms with Crippen LogP contribution in [-0.2, 0) is 19.1 Å². The third-order valence-corrected chi connectivity index (χ3v) is 6.33. The summed E-state index contributed by atoms with van der Waals surface area (Å²) in [5.74, 6) is -0.728. The number of hydrogen-bond acceptors (Lipinski definition) is 4. The highest BCUT2D eigenvalue weighted by Crippen LogP contribution is 2.54. The van der Waals surface area contributed by atoms with Gasteiger partial charge in [-0.15, -0.1) is 6.58 Å². The molecule has 0 unspecified atom stereocenters. The first kappa shape index (κ1) is 18.0. The summed E-state index contributed by atoms with van der Waals surface area (Å²) in [6, 6.07) is 9.69. The monoisotopic (exact) mass is 367 g/mol. The van der Waals surface area contributed by atoms with E-state index in [0.29, 0.717) is 13.0 Å². The molecule has 142 valence electrons. The number of allylic oxidation sites excluding steroid dienone is 3. The molecule has 0 N–H and O–H groups in total. The highest BCUT2D eigenvalue weighted by atomic mass is 16.5. The van der Waals surface area contributed by atoms with Crippen LogP contribution in [0.4, 0.5) is 0 Å². The number of piperidine rings is 1. The number of carbonyl (C=O) groups excluding carboxylic acids is 2. The van der Waals surface area contributed by atoms with Crippen molar-refractivity contribution >= 4 is 11.9 Å². The van der Waals surface area contributed by atoms with Crippen molar-refractivity contribution in [2.75, 3.05) is 13.7 Å². The highest BCUT2D eigenvalue weighted by molar-refractivity contribution is 6.04. The second-order valence-electron chi connectivity index (χ2n) is 7.53. The SMILES string of the molecule is C=CC[C@]1(C(=O)OC)C(=O)N2[C@H](OC[C@H]2c2ccccc2)[C@H]2CC=CC[C@H]21. The molecule has 1 aromatic rings. The molecule has 4 rings (SSSR count). The quantitative estimate of drug-likeness (QED) is 0.466. The number of amides is 1. The molecule has 2 fully saturated rings. The van der Waals surface area contributed by atoms with Crippen LogP contribution in [0.2, 0.25) is 0 Å². The standard InChI is InChI=1S/C22H25NO4/c1-3-13-22(21(25)26-2)17-12-8-7-11-16(17)19-23(20(22)24)18(14-27-19)15-9-5-4-6-10-15/h3-10,16-19H,1,11-14H2,2H3/t16-,17+,18-,19+,22+/m0/s1. The van der Waals surface area contributed by atoms with Crippen molar-refractivity contribution in [3.8, 4) is 0 Å². The predicted molar refractivity (Wildman–Crippen MR) is 100 cm³/mol. The van der Waals surface area contributed by atoms with Gasteiger partial charge in [0.15, 0.2) is 5.41 Å². The molecule has 0 bridgehead atoms. The summed E-state index contributed by atoms with van der Waals surface area (Å²) in [6.07, 6.45) is 7.29. The van der Waals surface area contributed by atoms with Crippen LogP contribution in [0.5, 0.6) is 0 Å². The minimum absolute atomic E-state index is 0.0699. The Morgan fingerprint density at radius 2 is 2.07 bits per heavy atom. The number of esters is 1. The maximum absolute atomic E-state index is 13.8. The molecule has 27 heavy (non-hydrogen) atoms. The van der Waals surface area contributed by atoms with Crippen LogP contribution >= 0.6 is 0 Å². The van der Waals surface area contributed by atoms with Gasteiger partial charge in [-0.3, -0.25) is 9.59 Å². The van der Waals surface area contributed by atoms with Gasteiger partial charge in [-0.2, -0.15) is 0 Å². The Hall–Kier alpha value is -2.40. The van der Waals surface area contributed by atoms with E-state index in [4.69, 9.17) is 9.47 Å². The van der Waals surface area contributed by atoms with Gasteiger partial charge in [-0.1, -0.05) is 48.6 Å². The lowest BCUT2D eigenvalue weighted by molar-refractivity contribution is -0.190. The van der Waals surface area contributed by atoms with Gasteiger partial charge in [0, 0.05) is 5.92 Å². The number of fused-ring (bicyclic) bond motifs is 3. The van der Waals surface area contributed by atoms with Gasteiger partial charge in [-0.05, 0) is 30.7 Å². The normalized spacial score (nSPS) is 34.7. The molecular weight excluding hydrogens is 342 g/mol. The van der Waals surface area contributed by atoms with E-state index in [-0.39, 0.29) is 36.4 Å². The molecule has 5 atom stereocenters. The first-order valence-electron chi connectivity index (χ1n) is 9.48. The second-order valence-corrected chi connectivity index (χ2v) is 7.53. The van der Waals surface area contributed by atoms with Crippen LogP contribution in [-0.4, -0.2) is 36.7 Å². The first-order valence-corrected chi connectivity index (χ1v) is 9.48. The van der Waals surface area contributed by atoms with Crippen molar-refractivity contribution in [2.24, 2.45) is 17.3 Å². The van der Waals surface area contributed by atoms with E-state index in [1.165, 1.54) is 7.11 Å². The number of ether oxygens (including phenoxy) is 2. The molecule has 2 saturated heterocycles. The molecule has 2 aliphatic heterocycles. The molecule has 0 aromatic heterocycles. The fourth-order valence-corrected chi connectivity index (χ4v) is 5.12. The van der Waals surface area contributed by atoms with Crippen LogP contribution < -0.4 is 0 Å². The van der Waals surface area contributed by atoms with Crippen LogP contribution in [0.1, 0.15) is 30.9 Å². The lowest BCUT2D eigenvalue weighted by atomic mass is 9.59. The smallest absolute Gasteiger partial charge is 0.322 e. The zero-order valence-electron chi connectivity index (χ0n) is 15.5. The number of methoxy groups -OCH3 is 1. The number of benzene rings is 1. The summed E-state index contributed by atoms with van der Waals surface area (Å²) in [5, 5.41) is 0. The molecule has 5 nitrogen and oxygen atoms in total. The van der Waals surface area contributed by atoms with Gasteiger partial charge in [0.25, 0.3) is 0 Å². The van der Waals surface area contributed by atoms with Crippen molar-refractivity contribution in [2.45, 2.75) is 31.5 Å². The zero-order chi connectivity index (χ0) is 19.0. The molecule has 1 aromatic carbocycles. The highest BCUT2D eigenvalue weighted by Gasteiger charge is 2.65. The largest absolute Gasteiger partial charge is 0.468 e. The number of carbonyl (C=O) groups is 2. The van der Waals surface area contributed by atoms with Crippen LogP contribution in [0.3, 0.4) is 0 Å². The van der Waals surface area contributed by atoms with Crippen LogP contribution in [0.25, 0.3) is 0 Å². The number of hydrogen-bond donors (Lipinski definition) is 0. The summed E-state index contributed by atoms with van der Waals surface area (Å²) in [7, 11) is 1.36. The van der Waals surface area contributed by atoms with Gasteiger partial charge in [0.05, 0.1) is 19.8 Å². The predicted octanol–water partition coefficient (Wildman–Crippen LogP) is 3.24. The van der Waals surface area contributed by atoms with E-state index >= 15 is 0 Å². The fourth-order valence-electron chi connectivity index (χ4n) is 5.12. The molecule has 0 saturated carbocycles. The molecule has 5 heteroatoms. The van der Waals surface area contributed by atoms with Crippen molar-refractivity contribution in [3.63, 3.8) is 0 Å². The van der Waals surface area contributed by atoms with E-state index in [2.05, 4.69) is 18.7 Å².